The maximum Gasteiger partial charge on any atom is 0.170 e. The summed E-state index contributed by atoms with van der Waals surface area (Å²) < 4.78 is 11.8. The third-order valence-electron chi connectivity index (χ3n) is 4.10. The molecule has 0 radical (unpaired) electrons. The number of ether oxygens (including phenoxy) is 2. The van der Waals surface area contributed by atoms with E-state index in [1.54, 1.807) is 0 Å². The smallest absolute Gasteiger partial charge is 0.170 e. The third-order valence-corrected chi connectivity index (χ3v) is 4.10. The van der Waals surface area contributed by atoms with E-state index < -0.39 is 11.4 Å². The molecule has 0 aromatic rings. The second-order valence-corrected chi connectivity index (χ2v) is 5.34. The molecule has 3 heteroatoms. The van der Waals surface area contributed by atoms with Crippen molar-refractivity contribution in [2.24, 2.45) is 11.8 Å². The molecule has 0 amide bonds. The summed E-state index contributed by atoms with van der Waals surface area (Å²) in [6.07, 6.45) is 5.13. The Kier molecular flexibility index (Phi) is 1.90. The predicted molar refractivity (Wildman–Crippen MR) is 53.9 cm³/mol. The molecule has 0 aromatic carbocycles. The topological polar surface area (TPSA) is 42.2 Å². The third kappa shape index (κ3) is 1.32. The minimum Gasteiger partial charge on any atom is -0.350 e. The van der Waals surface area contributed by atoms with Crippen molar-refractivity contribution in [1.82, 2.24) is 0 Å². The highest BCUT2D eigenvalue weighted by Crippen LogP contribution is 2.57. The molecule has 2 saturated heterocycles. The first-order chi connectivity index (χ1) is 7.19. The van der Waals surface area contributed by atoms with Crippen molar-refractivity contribution in [3.8, 4) is 6.07 Å². The Balaban J connectivity index is 1.92. The van der Waals surface area contributed by atoms with E-state index in [1.807, 2.05) is 6.92 Å². The van der Waals surface area contributed by atoms with E-state index in [1.165, 1.54) is 6.42 Å². The summed E-state index contributed by atoms with van der Waals surface area (Å²) in [4.78, 5) is 0. The molecule has 2 saturated carbocycles. The molecule has 2 heterocycles. The summed E-state index contributed by atoms with van der Waals surface area (Å²) in [6.45, 7) is 2.68. The molecule has 3 nitrogen and oxygen atoms in total. The number of hydrogen-bond donors (Lipinski definition) is 0. The van der Waals surface area contributed by atoms with Gasteiger partial charge in [0.2, 0.25) is 0 Å². The molecule has 4 fully saturated rings. The molecule has 0 N–H and O–H groups in total. The largest absolute Gasteiger partial charge is 0.350 e. The van der Waals surface area contributed by atoms with Crippen molar-refractivity contribution in [1.29, 1.82) is 5.26 Å². The molecule has 4 rings (SSSR count). The SMILES string of the molecule is CCOC12CC3CC(CC(C#N)(C3)O1)C2. The predicted octanol–water partition coefficient (Wildman–Crippen LogP) is 2.22. The van der Waals surface area contributed by atoms with Crippen LogP contribution in [0.1, 0.15) is 39.0 Å². The van der Waals surface area contributed by atoms with Crippen molar-refractivity contribution in [2.45, 2.75) is 50.4 Å². The standard InChI is InChI=1S/C12H17NO2/c1-2-14-12-6-9-3-10(7-12)5-11(4-9,8-13)15-12/h9-10H,2-7H2,1H3. The molecule has 0 aromatic heterocycles. The van der Waals surface area contributed by atoms with Gasteiger partial charge in [-0.2, -0.15) is 5.26 Å². The van der Waals surface area contributed by atoms with Gasteiger partial charge in [-0.3, -0.25) is 0 Å². The van der Waals surface area contributed by atoms with Gasteiger partial charge < -0.3 is 9.47 Å². The summed E-state index contributed by atoms with van der Waals surface area (Å²) >= 11 is 0. The number of rotatable bonds is 2. The van der Waals surface area contributed by atoms with Crippen LogP contribution >= 0.6 is 0 Å². The van der Waals surface area contributed by atoms with E-state index in [2.05, 4.69) is 6.07 Å². The molecule has 4 bridgehead atoms. The Morgan fingerprint density at radius 3 is 2.53 bits per heavy atom. The fourth-order valence-electron chi connectivity index (χ4n) is 3.98. The van der Waals surface area contributed by atoms with E-state index in [4.69, 9.17) is 9.47 Å². The van der Waals surface area contributed by atoms with Gasteiger partial charge in [-0.1, -0.05) is 0 Å². The van der Waals surface area contributed by atoms with E-state index in [0.717, 1.165) is 25.7 Å². The lowest BCUT2D eigenvalue weighted by Crippen LogP contribution is -2.61. The monoisotopic (exact) mass is 207 g/mol. The first-order valence-electron chi connectivity index (χ1n) is 5.95. The minimum absolute atomic E-state index is 0.408. The van der Waals surface area contributed by atoms with Crippen LogP contribution in [-0.2, 0) is 9.47 Å². The highest BCUT2D eigenvalue weighted by molar-refractivity contribution is 5.14. The Morgan fingerprint density at radius 2 is 2.00 bits per heavy atom. The van der Waals surface area contributed by atoms with Crippen LogP contribution in [0.5, 0.6) is 0 Å². The lowest BCUT2D eigenvalue weighted by Gasteiger charge is -2.58. The lowest BCUT2D eigenvalue weighted by molar-refractivity contribution is -0.355. The van der Waals surface area contributed by atoms with Crippen molar-refractivity contribution in [3.05, 3.63) is 0 Å². The summed E-state index contributed by atoms with van der Waals surface area (Å²) in [5, 5.41) is 9.28. The van der Waals surface area contributed by atoms with Crippen molar-refractivity contribution >= 4 is 0 Å². The molecule has 0 spiro atoms. The Labute approximate surface area is 90.4 Å². The van der Waals surface area contributed by atoms with Gasteiger partial charge in [-0.05, 0) is 38.0 Å². The van der Waals surface area contributed by atoms with Gasteiger partial charge >= 0.3 is 0 Å². The summed E-state index contributed by atoms with van der Waals surface area (Å²) in [5.74, 6) is 0.893. The summed E-state index contributed by atoms with van der Waals surface area (Å²) in [6, 6.07) is 2.39. The van der Waals surface area contributed by atoms with Crippen LogP contribution in [0.25, 0.3) is 0 Å². The van der Waals surface area contributed by atoms with Crippen molar-refractivity contribution in [2.75, 3.05) is 6.61 Å². The van der Waals surface area contributed by atoms with Gasteiger partial charge in [-0.25, -0.2) is 0 Å². The lowest BCUT2D eigenvalue weighted by atomic mass is 9.61. The second-order valence-electron chi connectivity index (χ2n) is 5.34. The van der Waals surface area contributed by atoms with Gasteiger partial charge in [0.1, 0.15) is 0 Å². The van der Waals surface area contributed by atoms with E-state index in [0.29, 0.717) is 18.4 Å². The highest BCUT2D eigenvalue weighted by atomic mass is 16.7. The highest BCUT2D eigenvalue weighted by Gasteiger charge is 2.59. The Bertz CT molecular complexity index is 306. The van der Waals surface area contributed by atoms with Crippen LogP contribution in [0.15, 0.2) is 0 Å². The van der Waals surface area contributed by atoms with Crippen LogP contribution in [0.2, 0.25) is 0 Å². The molecule has 2 aliphatic carbocycles. The average molecular weight is 207 g/mol. The van der Waals surface area contributed by atoms with Crippen molar-refractivity contribution < 1.29 is 9.47 Å². The van der Waals surface area contributed by atoms with E-state index >= 15 is 0 Å². The Hall–Kier alpha value is -0.590. The minimum atomic E-state index is -0.515. The maximum absolute atomic E-state index is 9.28. The van der Waals surface area contributed by atoms with Gasteiger partial charge in [0, 0.05) is 19.4 Å². The van der Waals surface area contributed by atoms with E-state index in [9.17, 15) is 5.26 Å². The zero-order valence-corrected chi connectivity index (χ0v) is 9.16. The van der Waals surface area contributed by atoms with Crippen LogP contribution in [-0.4, -0.2) is 18.0 Å². The molecular formula is C12H17NO2. The Morgan fingerprint density at radius 1 is 1.33 bits per heavy atom. The number of nitrogens with zero attached hydrogens (tertiary/aromatic N) is 1. The fourth-order valence-corrected chi connectivity index (χ4v) is 3.98. The number of nitriles is 1. The summed E-state index contributed by atoms with van der Waals surface area (Å²) in [5.41, 5.74) is -0.515. The maximum atomic E-state index is 9.28. The summed E-state index contributed by atoms with van der Waals surface area (Å²) in [7, 11) is 0. The quantitative estimate of drug-likeness (QED) is 0.697. The van der Waals surface area contributed by atoms with Gasteiger partial charge in [-0.15, -0.1) is 0 Å². The second kappa shape index (κ2) is 2.96. The van der Waals surface area contributed by atoms with Crippen LogP contribution in [0, 0.1) is 23.2 Å². The first kappa shape index (κ1) is 9.62. The molecule has 2 unspecified atom stereocenters. The van der Waals surface area contributed by atoms with Gasteiger partial charge in [0.05, 0.1) is 6.07 Å². The zero-order chi connectivity index (χ0) is 10.5. The average Bonchev–Trinajstić information content (AvgIpc) is 2.15. The van der Waals surface area contributed by atoms with Gasteiger partial charge in [0.25, 0.3) is 0 Å². The van der Waals surface area contributed by atoms with Crippen molar-refractivity contribution in [3.63, 3.8) is 0 Å². The molecule has 15 heavy (non-hydrogen) atoms. The molecule has 2 atom stereocenters. The van der Waals surface area contributed by atoms with Crippen LogP contribution < -0.4 is 0 Å². The zero-order valence-electron chi connectivity index (χ0n) is 9.16. The van der Waals surface area contributed by atoms with Crippen LogP contribution in [0.3, 0.4) is 0 Å². The van der Waals surface area contributed by atoms with E-state index in [-0.39, 0.29) is 0 Å². The molecular weight excluding hydrogens is 190 g/mol. The molecule has 2 aliphatic heterocycles. The molecule has 4 aliphatic rings. The number of hydrogen-bond acceptors (Lipinski definition) is 3. The van der Waals surface area contributed by atoms with Crippen LogP contribution in [0.4, 0.5) is 0 Å². The normalized spacial score (nSPS) is 51.7. The molecule has 82 valence electrons. The fraction of sp³-hybridized carbons (Fsp3) is 0.917. The van der Waals surface area contributed by atoms with Gasteiger partial charge in [0.15, 0.2) is 11.4 Å². The first-order valence-corrected chi connectivity index (χ1v) is 5.95.